The van der Waals surface area contributed by atoms with Gasteiger partial charge < -0.3 is 18.6 Å². The van der Waals surface area contributed by atoms with Crippen molar-refractivity contribution in [1.29, 1.82) is 0 Å². The van der Waals surface area contributed by atoms with Gasteiger partial charge in [0.1, 0.15) is 16.2 Å². The molecule has 3 rings (SSSR count). The van der Waals surface area contributed by atoms with E-state index in [0.29, 0.717) is 17.2 Å². The Labute approximate surface area is 252 Å². The van der Waals surface area contributed by atoms with Gasteiger partial charge in [-0.3, -0.25) is 9.69 Å². The van der Waals surface area contributed by atoms with Crippen LogP contribution >= 0.6 is 24.0 Å². The molecule has 9 heteroatoms. The molecule has 2 fully saturated rings. The number of thioether (sulfide) groups is 1. The van der Waals surface area contributed by atoms with Crippen molar-refractivity contribution in [2.24, 2.45) is 5.41 Å². The predicted octanol–water partition coefficient (Wildman–Crippen LogP) is 7.89. The third-order valence-electron chi connectivity index (χ3n) is 8.62. The van der Waals surface area contributed by atoms with E-state index in [9.17, 15) is 4.79 Å². The highest BCUT2D eigenvalue weighted by Crippen LogP contribution is 2.44. The number of nitrogens with zero attached hydrogens (tertiary/aromatic N) is 1. The molecule has 1 amide bonds. The summed E-state index contributed by atoms with van der Waals surface area (Å²) in [7, 11) is -0.512. The van der Waals surface area contributed by atoms with Gasteiger partial charge in [-0.1, -0.05) is 83.7 Å². The molecule has 0 aromatic heterocycles. The summed E-state index contributed by atoms with van der Waals surface area (Å²) < 4.78 is 25.7. The maximum Gasteiger partial charge on any atom is 0.230 e. The first kappa shape index (κ1) is 33.3. The zero-order valence-corrected chi connectivity index (χ0v) is 28.7. The van der Waals surface area contributed by atoms with Gasteiger partial charge in [0.2, 0.25) is 5.91 Å². The molecule has 0 spiro atoms. The Kier molecular flexibility index (Phi) is 10.4. The molecule has 224 valence electrons. The van der Waals surface area contributed by atoms with Crippen LogP contribution in [0.1, 0.15) is 79.6 Å². The standard InChI is InChI=1S/C31H49NO5S2Si/c1-12-25-31(8,36-27(35-25)21-13-15-22(34-9)16-14-21)18-17-23(37-40(10,11)30(5,6)7)19-26(33)32-24(29(2,3)4)20-39-28(32)38/h12-16,23-25,27H,1,17-20H2,2-11H3/t23-,24+,25+,27?,31-/m1/s1. The van der Waals surface area contributed by atoms with Crippen LogP contribution in [0.4, 0.5) is 0 Å². The number of amides is 1. The molecular weight excluding hydrogens is 559 g/mol. The highest BCUT2D eigenvalue weighted by molar-refractivity contribution is 8.23. The third kappa shape index (κ3) is 7.58. The second-order valence-corrected chi connectivity index (χ2v) is 20.2. The molecule has 0 aliphatic carbocycles. The maximum atomic E-state index is 13.8. The summed E-state index contributed by atoms with van der Waals surface area (Å²) >= 11 is 7.24. The average Bonchev–Trinajstić information content (AvgIpc) is 3.42. The minimum atomic E-state index is -2.16. The fourth-order valence-electron chi connectivity index (χ4n) is 4.90. The molecule has 5 atom stereocenters. The number of hydrogen-bond acceptors (Lipinski definition) is 7. The molecule has 0 bridgehead atoms. The van der Waals surface area contributed by atoms with Crippen molar-refractivity contribution in [1.82, 2.24) is 4.90 Å². The van der Waals surface area contributed by atoms with Gasteiger partial charge in [0, 0.05) is 11.3 Å². The lowest BCUT2D eigenvalue weighted by atomic mass is 9.86. The first-order valence-corrected chi connectivity index (χ1v) is 18.5. The van der Waals surface area contributed by atoms with E-state index in [0.717, 1.165) is 17.1 Å². The second-order valence-electron chi connectivity index (χ2n) is 13.8. The lowest BCUT2D eigenvalue weighted by Crippen LogP contribution is -2.49. The smallest absolute Gasteiger partial charge is 0.230 e. The molecule has 6 nitrogen and oxygen atoms in total. The zero-order valence-electron chi connectivity index (χ0n) is 26.0. The average molecular weight is 608 g/mol. The number of hydrogen-bond donors (Lipinski definition) is 0. The van der Waals surface area contributed by atoms with Crippen LogP contribution in [-0.2, 0) is 18.7 Å². The van der Waals surface area contributed by atoms with E-state index in [2.05, 4.69) is 68.1 Å². The van der Waals surface area contributed by atoms with Crippen molar-refractivity contribution < 1.29 is 23.4 Å². The van der Waals surface area contributed by atoms with Gasteiger partial charge in [0.05, 0.1) is 31.3 Å². The molecule has 40 heavy (non-hydrogen) atoms. The topological polar surface area (TPSA) is 57.2 Å². The largest absolute Gasteiger partial charge is 0.497 e. The number of carbonyl (C=O) groups is 1. The minimum Gasteiger partial charge on any atom is -0.497 e. The van der Waals surface area contributed by atoms with Crippen molar-refractivity contribution in [3.63, 3.8) is 0 Å². The molecule has 1 unspecified atom stereocenters. The van der Waals surface area contributed by atoms with Crippen molar-refractivity contribution in [2.45, 2.75) is 116 Å². The predicted molar refractivity (Wildman–Crippen MR) is 171 cm³/mol. The number of benzene rings is 1. The Morgan fingerprint density at radius 1 is 1.25 bits per heavy atom. The highest BCUT2D eigenvalue weighted by atomic mass is 32.2. The Morgan fingerprint density at radius 3 is 2.40 bits per heavy atom. The Bertz CT molecular complexity index is 1060. The number of methoxy groups -OCH3 is 1. The summed E-state index contributed by atoms with van der Waals surface area (Å²) in [6.07, 6.45) is 2.36. The first-order chi connectivity index (χ1) is 18.4. The molecule has 1 aromatic rings. The van der Waals surface area contributed by atoms with E-state index >= 15 is 0 Å². The SMILES string of the molecule is C=C[C@@H]1OC(c2ccc(OC)cc2)O[C@]1(C)CC[C@H](CC(=O)N1C(=S)SC[C@H]1C(C)(C)C)O[Si](C)(C)C(C)(C)C. The molecule has 2 saturated heterocycles. The van der Waals surface area contributed by atoms with E-state index < -0.39 is 20.2 Å². The quantitative estimate of drug-likeness (QED) is 0.152. The van der Waals surface area contributed by atoms with Crippen molar-refractivity contribution in [2.75, 3.05) is 12.9 Å². The Balaban J connectivity index is 1.80. The van der Waals surface area contributed by atoms with Crippen LogP contribution in [0.15, 0.2) is 36.9 Å². The summed E-state index contributed by atoms with van der Waals surface area (Å²) in [5, 5.41) is 0.0149. The molecule has 0 saturated carbocycles. The minimum absolute atomic E-state index is 0.0149. The second kappa shape index (κ2) is 12.6. The summed E-state index contributed by atoms with van der Waals surface area (Å²) in [5.41, 5.74) is 0.251. The number of thiocarbonyl (C=S) groups is 1. The van der Waals surface area contributed by atoms with Crippen molar-refractivity contribution in [3.05, 3.63) is 42.5 Å². The van der Waals surface area contributed by atoms with Gasteiger partial charge in [0.25, 0.3) is 0 Å². The fourth-order valence-corrected chi connectivity index (χ4v) is 8.04. The molecule has 0 N–H and O–H groups in total. The van der Waals surface area contributed by atoms with Gasteiger partial charge in [-0.2, -0.15) is 0 Å². The number of carbonyl (C=O) groups excluding carboxylic acids is 1. The zero-order chi connectivity index (χ0) is 30.1. The van der Waals surface area contributed by atoms with Gasteiger partial charge in [0.15, 0.2) is 14.6 Å². The number of ether oxygens (including phenoxy) is 3. The molecule has 2 aliphatic heterocycles. The summed E-state index contributed by atoms with van der Waals surface area (Å²) in [6, 6.07) is 7.80. The van der Waals surface area contributed by atoms with Crippen molar-refractivity contribution >= 4 is 42.5 Å². The monoisotopic (exact) mass is 607 g/mol. The Morgan fingerprint density at radius 2 is 1.88 bits per heavy atom. The van der Waals surface area contributed by atoms with Gasteiger partial charge in [-0.25, -0.2) is 0 Å². The number of rotatable bonds is 10. The van der Waals surface area contributed by atoms with E-state index in [1.165, 1.54) is 0 Å². The third-order valence-corrected chi connectivity index (χ3v) is 14.6. The van der Waals surface area contributed by atoms with E-state index in [1.54, 1.807) is 18.9 Å². The van der Waals surface area contributed by atoms with E-state index in [4.69, 9.17) is 30.9 Å². The highest BCUT2D eigenvalue weighted by Gasteiger charge is 2.47. The van der Waals surface area contributed by atoms with Gasteiger partial charge in [-0.05, 0) is 55.4 Å². The molecular formula is C31H49NO5S2Si. The van der Waals surface area contributed by atoms with Gasteiger partial charge in [-0.15, -0.1) is 6.58 Å². The van der Waals surface area contributed by atoms with Crippen LogP contribution in [0.25, 0.3) is 0 Å². The molecule has 2 aliphatic rings. The van der Waals surface area contributed by atoms with Crippen LogP contribution < -0.4 is 4.74 Å². The van der Waals surface area contributed by atoms with Crippen molar-refractivity contribution in [3.8, 4) is 5.75 Å². The maximum absolute atomic E-state index is 13.8. The van der Waals surface area contributed by atoms with Crippen LogP contribution in [0.3, 0.4) is 0 Å². The van der Waals surface area contributed by atoms with Crippen LogP contribution in [0.2, 0.25) is 18.1 Å². The first-order valence-electron chi connectivity index (χ1n) is 14.2. The van der Waals surface area contributed by atoms with Crippen LogP contribution in [0, 0.1) is 5.41 Å². The summed E-state index contributed by atoms with van der Waals surface area (Å²) in [4.78, 5) is 15.7. The van der Waals surface area contributed by atoms with Crippen LogP contribution in [0.5, 0.6) is 5.75 Å². The Hall–Kier alpha value is -1.23. The lowest BCUT2D eigenvalue weighted by molar-refractivity contribution is -0.132. The van der Waals surface area contributed by atoms with E-state index in [-0.39, 0.29) is 41.0 Å². The molecule has 1 aromatic carbocycles. The fraction of sp³-hybridized carbons (Fsp3) is 0.677. The lowest BCUT2D eigenvalue weighted by Gasteiger charge is -2.41. The summed E-state index contributed by atoms with van der Waals surface area (Å²) in [6.45, 7) is 23.8. The summed E-state index contributed by atoms with van der Waals surface area (Å²) in [5.74, 6) is 1.66. The molecule has 0 radical (unpaired) electrons. The normalized spacial score (nSPS) is 26.7. The van der Waals surface area contributed by atoms with E-state index in [1.807, 2.05) is 35.2 Å². The van der Waals surface area contributed by atoms with Crippen LogP contribution in [-0.4, -0.2) is 60.2 Å². The molecule has 2 heterocycles. The van der Waals surface area contributed by atoms with Gasteiger partial charge >= 0.3 is 0 Å².